The average Bonchev–Trinajstić information content (AvgIpc) is 2.82. The minimum Gasteiger partial charge on any atom is -0.505 e. The van der Waals surface area contributed by atoms with Crippen LogP contribution in [-0.2, 0) is 25.4 Å². The zero-order valence-corrected chi connectivity index (χ0v) is 21.8. The van der Waals surface area contributed by atoms with Gasteiger partial charge in [0.2, 0.25) is 0 Å². The molecule has 36 heavy (non-hydrogen) atoms. The number of phenolic OH excluding ortho intramolecular Hbond substituents is 1. The maximum Gasteiger partial charge on any atom is 0.405 e. The van der Waals surface area contributed by atoms with E-state index in [2.05, 4.69) is 5.32 Å². The summed E-state index contributed by atoms with van der Waals surface area (Å²) in [5.41, 5.74) is 7.28. The molecule has 0 aliphatic carbocycles. The van der Waals surface area contributed by atoms with Crippen LogP contribution in [0, 0.1) is 11.7 Å². The van der Waals surface area contributed by atoms with Crippen molar-refractivity contribution in [2.45, 2.75) is 77.6 Å². The number of carbonyl (C=O) groups is 2. The fraction of sp³-hybridized carbons (Fsp3) is 0.556. The SMILES string of the molecule is COC1CC/C=C(\C)C(OC(N)=O)C(OC)CC/C=C(\C)C(=O)Nc2cc(F)c(O)c(c2)C[C@@H](C)C1. The van der Waals surface area contributed by atoms with Gasteiger partial charge >= 0.3 is 6.09 Å². The van der Waals surface area contributed by atoms with E-state index in [1.807, 2.05) is 19.9 Å². The van der Waals surface area contributed by atoms with Crippen molar-refractivity contribution in [2.24, 2.45) is 11.7 Å². The first-order chi connectivity index (χ1) is 17.0. The highest BCUT2D eigenvalue weighted by molar-refractivity contribution is 6.03. The molecule has 0 spiro atoms. The first kappa shape index (κ1) is 29.3. The van der Waals surface area contributed by atoms with Crippen molar-refractivity contribution in [3.05, 3.63) is 46.8 Å². The number of fused-ring (bicyclic) bond motifs is 2. The number of primary amides is 1. The van der Waals surface area contributed by atoms with Crippen LogP contribution in [0.1, 0.15) is 58.4 Å². The number of halogens is 1. The molecule has 0 saturated carbocycles. The molecule has 9 heteroatoms. The Bertz CT molecular complexity index is 977. The Morgan fingerprint density at radius 1 is 1.14 bits per heavy atom. The molecule has 4 atom stereocenters. The number of hydrogen-bond acceptors (Lipinski definition) is 6. The van der Waals surface area contributed by atoms with Crippen molar-refractivity contribution in [3.8, 4) is 5.75 Å². The second-order valence-electron chi connectivity index (χ2n) is 9.44. The fourth-order valence-corrected chi connectivity index (χ4v) is 4.50. The summed E-state index contributed by atoms with van der Waals surface area (Å²) in [6.45, 7) is 5.53. The van der Waals surface area contributed by atoms with E-state index in [9.17, 15) is 19.1 Å². The molecule has 8 nitrogen and oxygen atoms in total. The molecule has 1 aromatic carbocycles. The van der Waals surface area contributed by atoms with Crippen molar-refractivity contribution >= 4 is 17.7 Å². The van der Waals surface area contributed by atoms with Crippen molar-refractivity contribution in [1.29, 1.82) is 0 Å². The van der Waals surface area contributed by atoms with Gasteiger partial charge in [0, 0.05) is 31.5 Å². The van der Waals surface area contributed by atoms with E-state index in [-0.39, 0.29) is 23.6 Å². The first-order valence-corrected chi connectivity index (χ1v) is 12.2. The van der Waals surface area contributed by atoms with Gasteiger partial charge in [-0.05, 0) is 75.5 Å². The third-order valence-corrected chi connectivity index (χ3v) is 6.51. The van der Waals surface area contributed by atoms with Gasteiger partial charge in [0.15, 0.2) is 17.7 Å². The largest absolute Gasteiger partial charge is 0.505 e. The molecule has 200 valence electrons. The summed E-state index contributed by atoms with van der Waals surface area (Å²) in [4.78, 5) is 24.3. The van der Waals surface area contributed by atoms with Crippen molar-refractivity contribution in [3.63, 3.8) is 0 Å². The van der Waals surface area contributed by atoms with Gasteiger partial charge in [0.25, 0.3) is 5.91 Å². The first-order valence-electron chi connectivity index (χ1n) is 12.2. The highest BCUT2D eigenvalue weighted by Gasteiger charge is 2.26. The number of ether oxygens (including phenoxy) is 3. The smallest absolute Gasteiger partial charge is 0.405 e. The molecular formula is C27H39FN2O6. The summed E-state index contributed by atoms with van der Waals surface area (Å²) in [5, 5.41) is 13.0. The highest BCUT2D eigenvalue weighted by Crippen LogP contribution is 2.30. The van der Waals surface area contributed by atoms with Gasteiger partial charge in [0.05, 0.1) is 12.2 Å². The molecule has 4 N–H and O–H groups in total. The Balaban J connectivity index is 2.39. The van der Waals surface area contributed by atoms with E-state index in [0.717, 1.165) is 18.1 Å². The van der Waals surface area contributed by atoms with E-state index in [1.165, 1.54) is 7.11 Å². The number of nitrogens with two attached hydrogens (primary N) is 1. The van der Waals surface area contributed by atoms with Crippen LogP contribution in [0.3, 0.4) is 0 Å². The van der Waals surface area contributed by atoms with Crippen molar-refractivity contribution in [1.82, 2.24) is 0 Å². The average molecular weight is 507 g/mol. The van der Waals surface area contributed by atoms with Crippen LogP contribution >= 0.6 is 0 Å². The summed E-state index contributed by atoms with van der Waals surface area (Å²) in [7, 11) is 3.18. The molecule has 3 unspecified atom stereocenters. The Hall–Kier alpha value is -2.91. The molecule has 0 fully saturated rings. The van der Waals surface area contributed by atoms with E-state index in [1.54, 1.807) is 26.2 Å². The molecule has 2 rings (SSSR count). The molecule has 2 bridgehead atoms. The minimum atomic E-state index is -0.889. The highest BCUT2D eigenvalue weighted by atomic mass is 19.1. The monoisotopic (exact) mass is 506 g/mol. The third kappa shape index (κ3) is 8.64. The summed E-state index contributed by atoms with van der Waals surface area (Å²) in [6, 6.07) is 2.71. The molecule has 1 heterocycles. The molecule has 2 amide bonds. The number of aromatic hydroxyl groups is 1. The topological polar surface area (TPSA) is 120 Å². The molecule has 0 saturated heterocycles. The lowest BCUT2D eigenvalue weighted by Crippen LogP contribution is -2.35. The predicted octanol–water partition coefficient (Wildman–Crippen LogP) is 5.00. The number of hydrogen-bond donors (Lipinski definition) is 3. The number of carbonyl (C=O) groups excluding carboxylic acids is 2. The van der Waals surface area contributed by atoms with E-state index in [0.29, 0.717) is 43.2 Å². The van der Waals surface area contributed by atoms with E-state index in [4.69, 9.17) is 19.9 Å². The number of methoxy groups -OCH3 is 2. The normalized spacial score (nSPS) is 27.8. The van der Waals surface area contributed by atoms with Crippen LogP contribution in [0.5, 0.6) is 5.75 Å². The van der Waals surface area contributed by atoms with Crippen LogP contribution in [0.2, 0.25) is 0 Å². The van der Waals surface area contributed by atoms with Gasteiger partial charge in [-0.15, -0.1) is 0 Å². The van der Waals surface area contributed by atoms with Gasteiger partial charge in [-0.25, -0.2) is 9.18 Å². The van der Waals surface area contributed by atoms with Gasteiger partial charge in [-0.3, -0.25) is 4.79 Å². The molecule has 1 aromatic rings. The number of nitrogens with one attached hydrogen (secondary N) is 1. The lowest BCUT2D eigenvalue weighted by Gasteiger charge is -2.26. The molecule has 1 aliphatic rings. The number of amides is 2. The van der Waals surface area contributed by atoms with E-state index < -0.39 is 29.9 Å². The molecule has 0 aromatic heterocycles. The van der Waals surface area contributed by atoms with Crippen molar-refractivity contribution in [2.75, 3.05) is 19.5 Å². The lowest BCUT2D eigenvalue weighted by atomic mass is 9.92. The van der Waals surface area contributed by atoms with Crippen LogP contribution in [0.25, 0.3) is 0 Å². The zero-order valence-electron chi connectivity index (χ0n) is 21.8. The zero-order chi connectivity index (χ0) is 26.8. The van der Waals surface area contributed by atoms with E-state index >= 15 is 0 Å². The third-order valence-electron chi connectivity index (χ3n) is 6.51. The summed E-state index contributed by atoms with van der Waals surface area (Å²) in [5.74, 6) is -1.50. The van der Waals surface area contributed by atoms with Gasteiger partial charge in [-0.2, -0.15) is 0 Å². The number of phenols is 1. The Labute approximate surface area is 212 Å². The number of rotatable bonds is 3. The molecular weight excluding hydrogens is 467 g/mol. The lowest BCUT2D eigenvalue weighted by molar-refractivity contribution is -0.112. The number of anilines is 1. The summed E-state index contributed by atoms with van der Waals surface area (Å²) >= 11 is 0. The molecule has 1 aliphatic heterocycles. The quantitative estimate of drug-likeness (QED) is 0.392. The minimum absolute atomic E-state index is 0.0680. The van der Waals surface area contributed by atoms with Crippen molar-refractivity contribution < 1.29 is 33.3 Å². The fourth-order valence-electron chi connectivity index (χ4n) is 4.50. The van der Waals surface area contributed by atoms with Gasteiger partial charge in [0.1, 0.15) is 0 Å². The molecule has 0 radical (unpaired) electrons. The standard InChI is InChI=1S/C27H39FN2O6/c1-16-12-19-14-20(15-22(28)24(19)31)30-26(32)18(3)9-7-11-23(35-5)25(36-27(29)33)17(2)8-6-10-21(13-16)34-4/h8-9,14-16,21,23,25,31H,6-7,10-13H2,1-5H3,(H2,29,33)(H,30,32)/b17-8+,18-9+/t16-,21?,23?,25?/m1/s1. The second kappa shape index (κ2) is 14.0. The van der Waals surface area contributed by atoms with Crippen LogP contribution in [0.15, 0.2) is 35.4 Å². The maximum absolute atomic E-state index is 14.4. The summed E-state index contributed by atoms with van der Waals surface area (Å²) in [6.07, 6.45) is 5.10. The van der Waals surface area contributed by atoms with Crippen LogP contribution in [0.4, 0.5) is 14.9 Å². The Morgan fingerprint density at radius 3 is 2.47 bits per heavy atom. The number of benzene rings is 1. The summed E-state index contributed by atoms with van der Waals surface area (Å²) < 4.78 is 31.1. The Morgan fingerprint density at radius 2 is 1.83 bits per heavy atom. The maximum atomic E-state index is 14.4. The predicted molar refractivity (Wildman–Crippen MR) is 136 cm³/mol. The van der Waals surface area contributed by atoms with Gasteiger partial charge < -0.3 is 30.4 Å². The number of allylic oxidation sites excluding steroid dienone is 2. The van der Waals surface area contributed by atoms with Crippen LogP contribution < -0.4 is 11.1 Å². The Kier molecular flexibility index (Phi) is 11.4. The second-order valence-corrected chi connectivity index (χ2v) is 9.44. The van der Waals surface area contributed by atoms with Gasteiger partial charge in [-0.1, -0.05) is 19.1 Å². The van der Waals surface area contributed by atoms with Crippen LogP contribution in [-0.4, -0.2) is 49.6 Å².